The molecule has 1 aromatic heterocycles. The van der Waals surface area contributed by atoms with Crippen LogP contribution >= 0.6 is 11.3 Å². The number of methoxy groups -OCH3 is 1. The van der Waals surface area contributed by atoms with Crippen molar-refractivity contribution in [1.29, 1.82) is 0 Å². The van der Waals surface area contributed by atoms with Crippen LogP contribution < -0.4 is 10.1 Å². The van der Waals surface area contributed by atoms with Crippen molar-refractivity contribution in [2.24, 2.45) is 0 Å². The molecule has 1 aliphatic heterocycles. The number of amides is 1. The molecule has 0 saturated carbocycles. The van der Waals surface area contributed by atoms with Crippen LogP contribution in [0, 0.1) is 0 Å². The highest BCUT2D eigenvalue weighted by molar-refractivity contribution is 7.13. The molecule has 1 aliphatic rings. The fraction of sp³-hybridized carbons (Fsp3) is 0.333. The smallest absolute Gasteiger partial charge is 0.234 e. The molecule has 3 rings (SSSR count). The maximum absolute atomic E-state index is 11.4. The van der Waals surface area contributed by atoms with Gasteiger partial charge in [-0.1, -0.05) is 12.1 Å². The van der Waals surface area contributed by atoms with Crippen LogP contribution in [0.2, 0.25) is 0 Å². The summed E-state index contributed by atoms with van der Waals surface area (Å²) in [4.78, 5) is 18.2. The van der Waals surface area contributed by atoms with Crippen molar-refractivity contribution in [1.82, 2.24) is 15.2 Å². The number of para-hydroxylation sites is 1. The Hall–Kier alpha value is -1.92. The number of nitrogens with one attached hydrogen (secondary N) is 1. The van der Waals surface area contributed by atoms with Gasteiger partial charge in [0.2, 0.25) is 5.91 Å². The summed E-state index contributed by atoms with van der Waals surface area (Å²) in [6, 6.07) is 7.87. The van der Waals surface area contributed by atoms with Crippen molar-refractivity contribution in [3.05, 3.63) is 35.3 Å². The monoisotopic (exact) mass is 303 g/mol. The van der Waals surface area contributed by atoms with Gasteiger partial charge in [0.25, 0.3) is 0 Å². The standard InChI is InChI=1S/C15H17N3O2S/c1-20-13-5-3-2-4-12(13)15-17-11(10-21-15)8-18-7-6-16-14(19)9-18/h2-5,10H,6-9H2,1H3,(H,16,19). The van der Waals surface area contributed by atoms with Crippen LogP contribution in [-0.4, -0.2) is 42.5 Å². The molecule has 1 aromatic carbocycles. The van der Waals surface area contributed by atoms with Gasteiger partial charge in [-0.3, -0.25) is 9.69 Å². The molecule has 5 nitrogen and oxygen atoms in total. The lowest BCUT2D eigenvalue weighted by atomic mass is 10.2. The number of carbonyl (C=O) groups excluding carboxylic acids is 1. The van der Waals surface area contributed by atoms with Crippen molar-refractivity contribution in [3.63, 3.8) is 0 Å². The molecular formula is C15H17N3O2S. The molecule has 0 aliphatic carbocycles. The Morgan fingerprint density at radius 2 is 2.29 bits per heavy atom. The molecule has 21 heavy (non-hydrogen) atoms. The summed E-state index contributed by atoms with van der Waals surface area (Å²) < 4.78 is 5.38. The predicted octanol–water partition coefficient (Wildman–Crippen LogP) is 1.75. The molecule has 110 valence electrons. The third-order valence-electron chi connectivity index (χ3n) is 3.39. The van der Waals surface area contributed by atoms with Crippen molar-refractivity contribution in [2.75, 3.05) is 26.7 Å². The van der Waals surface area contributed by atoms with Gasteiger partial charge in [0.1, 0.15) is 10.8 Å². The maximum atomic E-state index is 11.4. The average Bonchev–Trinajstić information content (AvgIpc) is 2.95. The summed E-state index contributed by atoms with van der Waals surface area (Å²) in [6.45, 7) is 2.73. The van der Waals surface area contributed by atoms with Crippen molar-refractivity contribution in [3.8, 4) is 16.3 Å². The summed E-state index contributed by atoms with van der Waals surface area (Å²) in [6.07, 6.45) is 0. The highest BCUT2D eigenvalue weighted by Crippen LogP contribution is 2.32. The van der Waals surface area contributed by atoms with Gasteiger partial charge in [0, 0.05) is 25.0 Å². The first-order chi connectivity index (χ1) is 10.3. The molecule has 0 bridgehead atoms. The number of hydrogen-bond donors (Lipinski definition) is 1. The fourth-order valence-corrected chi connectivity index (χ4v) is 3.22. The summed E-state index contributed by atoms with van der Waals surface area (Å²) >= 11 is 1.60. The molecule has 0 unspecified atom stereocenters. The number of aromatic nitrogens is 1. The quantitative estimate of drug-likeness (QED) is 0.935. The van der Waals surface area contributed by atoms with Gasteiger partial charge in [-0.25, -0.2) is 4.98 Å². The third-order valence-corrected chi connectivity index (χ3v) is 4.32. The van der Waals surface area contributed by atoms with Crippen LogP contribution in [0.4, 0.5) is 0 Å². The van der Waals surface area contributed by atoms with Crippen LogP contribution in [-0.2, 0) is 11.3 Å². The van der Waals surface area contributed by atoms with E-state index >= 15 is 0 Å². The molecule has 1 amide bonds. The van der Waals surface area contributed by atoms with Crippen LogP contribution in [0.1, 0.15) is 5.69 Å². The Kier molecular flexibility index (Phi) is 4.17. The lowest BCUT2D eigenvalue weighted by Gasteiger charge is -2.25. The Labute approximate surface area is 127 Å². The molecular weight excluding hydrogens is 286 g/mol. The molecule has 6 heteroatoms. The van der Waals surface area contributed by atoms with Crippen LogP contribution in [0.5, 0.6) is 5.75 Å². The first kappa shape index (κ1) is 14.0. The summed E-state index contributed by atoms with van der Waals surface area (Å²) in [5, 5.41) is 5.83. The number of benzene rings is 1. The van der Waals surface area contributed by atoms with E-state index in [2.05, 4.69) is 15.2 Å². The number of hydrogen-bond acceptors (Lipinski definition) is 5. The normalized spacial score (nSPS) is 15.8. The lowest BCUT2D eigenvalue weighted by molar-refractivity contribution is -0.124. The van der Waals surface area contributed by atoms with Gasteiger partial charge >= 0.3 is 0 Å². The van der Waals surface area contributed by atoms with E-state index in [-0.39, 0.29) is 5.91 Å². The molecule has 2 aromatic rings. The second-order valence-electron chi connectivity index (χ2n) is 4.90. The Morgan fingerprint density at radius 1 is 1.43 bits per heavy atom. The minimum Gasteiger partial charge on any atom is -0.496 e. The van der Waals surface area contributed by atoms with Crippen molar-refractivity contribution < 1.29 is 9.53 Å². The molecule has 0 radical (unpaired) electrons. The zero-order chi connectivity index (χ0) is 14.7. The Bertz CT molecular complexity index is 641. The van der Waals surface area contributed by atoms with Gasteiger partial charge in [0.05, 0.1) is 24.9 Å². The van der Waals surface area contributed by atoms with Crippen LogP contribution in [0.3, 0.4) is 0 Å². The number of ether oxygens (including phenoxy) is 1. The van der Waals surface area contributed by atoms with Gasteiger partial charge in [-0.2, -0.15) is 0 Å². The fourth-order valence-electron chi connectivity index (χ4n) is 2.38. The number of rotatable bonds is 4. The largest absolute Gasteiger partial charge is 0.496 e. The average molecular weight is 303 g/mol. The van der Waals surface area contributed by atoms with E-state index in [1.807, 2.05) is 29.6 Å². The summed E-state index contributed by atoms with van der Waals surface area (Å²) in [5.41, 5.74) is 2.00. The summed E-state index contributed by atoms with van der Waals surface area (Å²) in [7, 11) is 1.67. The minimum atomic E-state index is 0.0847. The minimum absolute atomic E-state index is 0.0847. The SMILES string of the molecule is COc1ccccc1-c1nc(CN2CCNC(=O)C2)cs1. The molecule has 2 heterocycles. The second kappa shape index (κ2) is 6.24. The van der Waals surface area contributed by atoms with E-state index in [4.69, 9.17) is 4.74 Å². The van der Waals surface area contributed by atoms with Gasteiger partial charge in [-0.05, 0) is 12.1 Å². The predicted molar refractivity (Wildman–Crippen MR) is 82.4 cm³/mol. The Morgan fingerprint density at radius 3 is 3.10 bits per heavy atom. The van der Waals surface area contributed by atoms with E-state index in [1.54, 1.807) is 18.4 Å². The zero-order valence-electron chi connectivity index (χ0n) is 11.8. The second-order valence-corrected chi connectivity index (χ2v) is 5.76. The van der Waals surface area contributed by atoms with E-state index < -0.39 is 0 Å². The van der Waals surface area contributed by atoms with Gasteiger partial charge in [0.15, 0.2) is 0 Å². The van der Waals surface area contributed by atoms with E-state index in [0.717, 1.165) is 28.6 Å². The highest BCUT2D eigenvalue weighted by atomic mass is 32.1. The van der Waals surface area contributed by atoms with Gasteiger partial charge in [-0.15, -0.1) is 11.3 Å². The van der Waals surface area contributed by atoms with Crippen molar-refractivity contribution >= 4 is 17.2 Å². The maximum Gasteiger partial charge on any atom is 0.234 e. The number of piperazine rings is 1. The summed E-state index contributed by atoms with van der Waals surface area (Å²) in [5.74, 6) is 0.914. The van der Waals surface area contributed by atoms with Crippen molar-refractivity contribution in [2.45, 2.75) is 6.54 Å². The molecule has 1 saturated heterocycles. The van der Waals surface area contributed by atoms with Crippen LogP contribution in [0.15, 0.2) is 29.6 Å². The molecule has 1 fully saturated rings. The topological polar surface area (TPSA) is 54.5 Å². The Balaban J connectivity index is 1.75. The van der Waals surface area contributed by atoms with E-state index in [1.165, 1.54) is 0 Å². The highest BCUT2D eigenvalue weighted by Gasteiger charge is 2.17. The van der Waals surface area contributed by atoms with E-state index in [9.17, 15) is 4.79 Å². The molecule has 0 spiro atoms. The number of nitrogens with zero attached hydrogens (tertiary/aromatic N) is 2. The lowest BCUT2D eigenvalue weighted by Crippen LogP contribution is -2.47. The van der Waals surface area contributed by atoms with E-state index in [0.29, 0.717) is 19.6 Å². The van der Waals surface area contributed by atoms with Gasteiger partial charge < -0.3 is 10.1 Å². The first-order valence-corrected chi connectivity index (χ1v) is 7.71. The third kappa shape index (κ3) is 3.22. The number of thiazole rings is 1. The van der Waals surface area contributed by atoms with Crippen LogP contribution in [0.25, 0.3) is 10.6 Å². The first-order valence-electron chi connectivity index (χ1n) is 6.83. The molecule has 0 atom stereocenters. The number of carbonyl (C=O) groups is 1. The zero-order valence-corrected chi connectivity index (χ0v) is 12.7. The molecule has 1 N–H and O–H groups in total.